The number of ether oxygens (including phenoxy) is 1. The van der Waals surface area contributed by atoms with Gasteiger partial charge in [-0.05, 0) is 73.2 Å². The molecule has 0 radical (unpaired) electrons. The number of rotatable bonds is 6. The predicted octanol–water partition coefficient (Wildman–Crippen LogP) is 4.61. The molecule has 32 heavy (non-hydrogen) atoms. The molecule has 4 heterocycles. The lowest BCUT2D eigenvalue weighted by Crippen LogP contribution is -2.57. The predicted molar refractivity (Wildman–Crippen MR) is 127 cm³/mol. The van der Waals surface area contributed by atoms with Crippen LogP contribution in [0, 0.1) is 11.8 Å². The highest BCUT2D eigenvalue weighted by Gasteiger charge is 2.43. The minimum absolute atomic E-state index is 0.0497. The first-order valence-electron chi connectivity index (χ1n) is 11.3. The van der Waals surface area contributed by atoms with Crippen LogP contribution in [-0.4, -0.2) is 42.0 Å². The van der Waals surface area contributed by atoms with Gasteiger partial charge in [-0.25, -0.2) is 0 Å². The molecule has 5 atom stereocenters. The number of hydrogen-bond donors (Lipinski definition) is 1. The SMILES string of the molecule is C=C[C@H]1CN2CC[C@H]1C[C@H]2[C@H](NC(=O)c1ccccc1)c1ccnc2ccc(OC)cc12. The molecule has 0 saturated carbocycles. The minimum atomic E-state index is -0.145. The van der Waals surface area contributed by atoms with Crippen LogP contribution >= 0.6 is 0 Å². The maximum Gasteiger partial charge on any atom is 0.251 e. The van der Waals surface area contributed by atoms with E-state index in [1.165, 1.54) is 6.42 Å². The van der Waals surface area contributed by atoms with E-state index in [9.17, 15) is 4.79 Å². The Bertz CT molecular complexity index is 1130. The third-order valence-corrected chi connectivity index (χ3v) is 7.18. The molecule has 3 aliphatic heterocycles. The zero-order chi connectivity index (χ0) is 22.1. The van der Waals surface area contributed by atoms with Crippen molar-refractivity contribution in [1.29, 1.82) is 0 Å². The van der Waals surface area contributed by atoms with Crippen molar-refractivity contribution in [2.75, 3.05) is 20.2 Å². The monoisotopic (exact) mass is 427 g/mol. The van der Waals surface area contributed by atoms with Crippen LogP contribution in [0.2, 0.25) is 0 Å². The lowest BCUT2D eigenvalue weighted by Gasteiger charge is -2.51. The van der Waals surface area contributed by atoms with Gasteiger partial charge in [0.15, 0.2) is 0 Å². The third-order valence-electron chi connectivity index (χ3n) is 7.18. The molecule has 164 valence electrons. The van der Waals surface area contributed by atoms with Crippen molar-refractivity contribution < 1.29 is 9.53 Å². The molecule has 2 bridgehead atoms. The van der Waals surface area contributed by atoms with Gasteiger partial charge >= 0.3 is 0 Å². The molecule has 3 aromatic rings. The number of aromatic nitrogens is 1. The second kappa shape index (κ2) is 8.75. The molecular weight excluding hydrogens is 398 g/mol. The molecule has 0 aliphatic carbocycles. The fourth-order valence-corrected chi connectivity index (χ4v) is 5.46. The summed E-state index contributed by atoms with van der Waals surface area (Å²) in [6.45, 7) is 6.12. The molecule has 1 amide bonds. The van der Waals surface area contributed by atoms with Crippen molar-refractivity contribution in [2.45, 2.75) is 24.9 Å². The molecule has 0 spiro atoms. The molecule has 3 fully saturated rings. The van der Waals surface area contributed by atoms with Crippen LogP contribution in [0.25, 0.3) is 10.9 Å². The molecule has 6 rings (SSSR count). The van der Waals surface area contributed by atoms with Crippen molar-refractivity contribution in [1.82, 2.24) is 15.2 Å². The molecular formula is C27H29N3O2. The maximum absolute atomic E-state index is 13.3. The van der Waals surface area contributed by atoms with Gasteiger partial charge in [0.25, 0.3) is 5.91 Å². The first-order chi connectivity index (χ1) is 15.7. The number of hydrogen-bond acceptors (Lipinski definition) is 4. The van der Waals surface area contributed by atoms with Crippen molar-refractivity contribution in [3.8, 4) is 5.75 Å². The lowest BCUT2D eigenvalue weighted by atomic mass is 9.73. The number of nitrogens with zero attached hydrogens (tertiary/aromatic N) is 2. The highest BCUT2D eigenvalue weighted by molar-refractivity contribution is 5.95. The quantitative estimate of drug-likeness (QED) is 0.584. The van der Waals surface area contributed by atoms with E-state index < -0.39 is 0 Å². The molecule has 1 aromatic heterocycles. The standard InChI is InChI=1S/C27H29N3O2/c1-3-18-17-30-14-12-20(18)15-25(30)26(29-27(31)19-7-5-4-6-8-19)22-11-13-28-24-10-9-21(32-2)16-23(22)24/h3-11,13,16,18,20,25-26H,1,12,14-15,17H2,2H3,(H,29,31)/t18-,20-,25-,26+/m0/s1. The number of amides is 1. The molecule has 1 N–H and O–H groups in total. The van der Waals surface area contributed by atoms with Crippen LogP contribution in [0.5, 0.6) is 5.75 Å². The lowest BCUT2D eigenvalue weighted by molar-refractivity contribution is 0.00170. The van der Waals surface area contributed by atoms with Gasteiger partial charge in [-0.15, -0.1) is 6.58 Å². The summed E-state index contributed by atoms with van der Waals surface area (Å²) in [5.41, 5.74) is 2.67. The smallest absolute Gasteiger partial charge is 0.251 e. The summed E-state index contributed by atoms with van der Waals surface area (Å²) < 4.78 is 5.49. The maximum atomic E-state index is 13.3. The average Bonchev–Trinajstić information content (AvgIpc) is 2.87. The van der Waals surface area contributed by atoms with E-state index in [2.05, 4.69) is 27.9 Å². The number of benzene rings is 2. The van der Waals surface area contributed by atoms with Crippen LogP contribution in [0.4, 0.5) is 0 Å². The summed E-state index contributed by atoms with van der Waals surface area (Å²) in [5.74, 6) is 1.88. The van der Waals surface area contributed by atoms with Crippen LogP contribution in [-0.2, 0) is 0 Å². The highest BCUT2D eigenvalue weighted by atomic mass is 16.5. The van der Waals surface area contributed by atoms with Gasteiger partial charge in [-0.3, -0.25) is 14.7 Å². The zero-order valence-electron chi connectivity index (χ0n) is 18.4. The summed E-state index contributed by atoms with van der Waals surface area (Å²) in [7, 11) is 1.67. The van der Waals surface area contributed by atoms with Crippen LogP contribution in [0.3, 0.4) is 0 Å². The molecule has 3 aliphatic rings. The van der Waals surface area contributed by atoms with Gasteiger partial charge in [-0.1, -0.05) is 24.3 Å². The van der Waals surface area contributed by atoms with Gasteiger partial charge < -0.3 is 10.1 Å². The first kappa shape index (κ1) is 20.7. The Morgan fingerprint density at radius 3 is 2.81 bits per heavy atom. The van der Waals surface area contributed by atoms with Crippen LogP contribution in [0.15, 0.2) is 73.4 Å². The van der Waals surface area contributed by atoms with E-state index in [0.29, 0.717) is 17.4 Å². The average molecular weight is 428 g/mol. The second-order valence-corrected chi connectivity index (χ2v) is 8.85. The number of piperidine rings is 3. The number of carbonyl (C=O) groups excluding carboxylic acids is 1. The van der Waals surface area contributed by atoms with Crippen molar-refractivity contribution in [3.63, 3.8) is 0 Å². The number of carbonyl (C=O) groups is 1. The number of fused-ring (bicyclic) bond motifs is 4. The molecule has 3 saturated heterocycles. The summed E-state index contributed by atoms with van der Waals surface area (Å²) >= 11 is 0. The van der Waals surface area contributed by atoms with Gasteiger partial charge in [0.05, 0.1) is 18.7 Å². The van der Waals surface area contributed by atoms with E-state index in [1.54, 1.807) is 7.11 Å². The van der Waals surface area contributed by atoms with Crippen molar-refractivity contribution in [3.05, 3.63) is 84.6 Å². The van der Waals surface area contributed by atoms with E-state index in [1.807, 2.05) is 60.8 Å². The Morgan fingerprint density at radius 1 is 1.25 bits per heavy atom. The van der Waals surface area contributed by atoms with E-state index in [-0.39, 0.29) is 18.0 Å². The summed E-state index contributed by atoms with van der Waals surface area (Å²) in [6, 6.07) is 17.5. The molecule has 5 heteroatoms. The van der Waals surface area contributed by atoms with E-state index in [4.69, 9.17) is 4.74 Å². The Morgan fingerprint density at radius 2 is 2.09 bits per heavy atom. The fourth-order valence-electron chi connectivity index (χ4n) is 5.46. The van der Waals surface area contributed by atoms with Crippen LogP contribution in [0.1, 0.15) is 34.8 Å². The third kappa shape index (κ3) is 3.78. The number of pyridine rings is 1. The Balaban J connectivity index is 1.57. The van der Waals surface area contributed by atoms with Crippen LogP contribution < -0.4 is 10.1 Å². The Hall–Kier alpha value is -3.18. The topological polar surface area (TPSA) is 54.5 Å². The number of nitrogens with one attached hydrogen (secondary N) is 1. The molecule has 1 unspecified atom stereocenters. The number of methoxy groups -OCH3 is 1. The highest BCUT2D eigenvalue weighted by Crippen LogP contribution is 2.42. The van der Waals surface area contributed by atoms with Gasteiger partial charge in [0.1, 0.15) is 5.75 Å². The largest absolute Gasteiger partial charge is 0.497 e. The fraction of sp³-hybridized carbons (Fsp3) is 0.333. The Kier molecular flexibility index (Phi) is 5.66. The van der Waals surface area contributed by atoms with E-state index >= 15 is 0 Å². The van der Waals surface area contributed by atoms with Gasteiger partial charge in [-0.2, -0.15) is 0 Å². The normalized spacial score (nSPS) is 25.3. The summed E-state index contributed by atoms with van der Waals surface area (Å²) in [4.78, 5) is 20.4. The zero-order valence-corrected chi connectivity index (χ0v) is 18.4. The van der Waals surface area contributed by atoms with Crippen molar-refractivity contribution >= 4 is 16.8 Å². The molecule has 5 nitrogen and oxygen atoms in total. The summed E-state index contributed by atoms with van der Waals surface area (Å²) in [5, 5.41) is 4.41. The Labute approximate surface area is 189 Å². The van der Waals surface area contributed by atoms with Gasteiger partial charge in [0.2, 0.25) is 0 Å². The second-order valence-electron chi connectivity index (χ2n) is 8.85. The van der Waals surface area contributed by atoms with Gasteiger partial charge in [0, 0.05) is 29.7 Å². The summed E-state index contributed by atoms with van der Waals surface area (Å²) in [6.07, 6.45) is 6.19. The minimum Gasteiger partial charge on any atom is -0.497 e. The van der Waals surface area contributed by atoms with Crippen molar-refractivity contribution in [2.24, 2.45) is 11.8 Å². The first-order valence-corrected chi connectivity index (χ1v) is 11.3. The molecule has 2 aromatic carbocycles. The van der Waals surface area contributed by atoms with E-state index in [0.717, 1.165) is 41.7 Å².